The van der Waals surface area contributed by atoms with Crippen LogP contribution in [-0.4, -0.2) is 22.1 Å². The highest BCUT2D eigenvalue weighted by Gasteiger charge is 2.21. The van der Waals surface area contributed by atoms with Gasteiger partial charge in [-0.05, 0) is 23.8 Å². The smallest absolute Gasteiger partial charge is 0.345 e. The molecule has 0 amide bonds. The van der Waals surface area contributed by atoms with Crippen molar-refractivity contribution in [3.05, 3.63) is 69.2 Å². The van der Waals surface area contributed by atoms with Gasteiger partial charge in [0.15, 0.2) is 6.10 Å². The molecule has 22 heavy (non-hydrogen) atoms. The second-order valence-electron chi connectivity index (χ2n) is 4.53. The van der Waals surface area contributed by atoms with E-state index in [9.17, 15) is 20.0 Å². The van der Waals surface area contributed by atoms with Gasteiger partial charge in [-0.2, -0.15) is 0 Å². The summed E-state index contributed by atoms with van der Waals surface area (Å²) in [6.07, 6.45) is -1.16. The van der Waals surface area contributed by atoms with Crippen molar-refractivity contribution in [3.63, 3.8) is 0 Å². The Kier molecular flexibility index (Phi) is 4.95. The molecule has 1 atom stereocenters. The maximum Gasteiger partial charge on any atom is 0.345 e. The molecule has 0 saturated carbocycles. The average molecular weight is 322 g/mol. The van der Waals surface area contributed by atoms with Crippen LogP contribution in [0.15, 0.2) is 48.5 Å². The van der Waals surface area contributed by atoms with E-state index in [0.717, 1.165) is 0 Å². The van der Waals surface area contributed by atoms with Crippen molar-refractivity contribution in [2.24, 2.45) is 0 Å². The summed E-state index contributed by atoms with van der Waals surface area (Å²) in [5.41, 5.74) is 0.410. The molecule has 0 aliphatic heterocycles. The predicted molar refractivity (Wildman–Crippen MR) is 80.3 cm³/mol. The van der Waals surface area contributed by atoms with Gasteiger partial charge >= 0.3 is 5.97 Å². The minimum absolute atomic E-state index is 0.00350. The number of non-ortho nitro benzene ring substituents is 1. The van der Waals surface area contributed by atoms with Crippen molar-refractivity contribution < 1.29 is 19.6 Å². The topological polar surface area (TPSA) is 89.7 Å². The van der Waals surface area contributed by atoms with E-state index < -0.39 is 17.0 Å². The Bertz CT molecular complexity index is 704. The first kappa shape index (κ1) is 15.8. The summed E-state index contributed by atoms with van der Waals surface area (Å²) in [7, 11) is 0. The quantitative estimate of drug-likeness (QED) is 0.651. The third-order valence-corrected chi connectivity index (χ3v) is 3.13. The van der Waals surface area contributed by atoms with E-state index in [1.165, 1.54) is 24.3 Å². The van der Waals surface area contributed by atoms with Gasteiger partial charge in [-0.25, -0.2) is 4.79 Å². The van der Waals surface area contributed by atoms with Crippen LogP contribution in [0.4, 0.5) is 5.69 Å². The van der Waals surface area contributed by atoms with E-state index in [-0.39, 0.29) is 12.1 Å². The number of ether oxygens (including phenoxy) is 1. The van der Waals surface area contributed by atoms with Crippen molar-refractivity contribution in [1.82, 2.24) is 0 Å². The highest BCUT2D eigenvalue weighted by Crippen LogP contribution is 2.21. The number of carboxylic acid groups (broad SMARTS) is 1. The molecule has 7 heteroatoms. The number of rotatable bonds is 6. The van der Waals surface area contributed by atoms with Crippen LogP contribution in [0.1, 0.15) is 5.56 Å². The van der Waals surface area contributed by atoms with Gasteiger partial charge in [0, 0.05) is 23.6 Å². The Morgan fingerprint density at radius 1 is 1.27 bits per heavy atom. The van der Waals surface area contributed by atoms with Crippen molar-refractivity contribution in [2.75, 3.05) is 0 Å². The number of hydrogen-bond acceptors (Lipinski definition) is 4. The van der Waals surface area contributed by atoms with E-state index in [0.29, 0.717) is 16.3 Å². The fourth-order valence-corrected chi connectivity index (χ4v) is 2.08. The molecule has 0 spiro atoms. The largest absolute Gasteiger partial charge is 0.478 e. The fraction of sp³-hybridized carbons (Fsp3) is 0.133. The average Bonchev–Trinajstić information content (AvgIpc) is 2.47. The Morgan fingerprint density at radius 2 is 2.00 bits per heavy atom. The molecule has 0 fully saturated rings. The summed E-state index contributed by atoms with van der Waals surface area (Å²) >= 11 is 5.82. The number of benzene rings is 2. The van der Waals surface area contributed by atoms with Gasteiger partial charge in [-0.3, -0.25) is 10.1 Å². The number of nitro groups is 1. The van der Waals surface area contributed by atoms with E-state index in [1.807, 2.05) is 0 Å². The van der Waals surface area contributed by atoms with Gasteiger partial charge in [0.2, 0.25) is 0 Å². The molecule has 2 aromatic carbocycles. The van der Waals surface area contributed by atoms with Crippen LogP contribution in [0.3, 0.4) is 0 Å². The summed E-state index contributed by atoms with van der Waals surface area (Å²) in [5, 5.41) is 20.4. The molecule has 114 valence electrons. The maximum absolute atomic E-state index is 11.3. The molecule has 6 nitrogen and oxygen atoms in total. The van der Waals surface area contributed by atoms with E-state index in [1.54, 1.807) is 24.3 Å². The second kappa shape index (κ2) is 6.91. The summed E-state index contributed by atoms with van der Waals surface area (Å²) in [5.74, 6) is -0.836. The fourth-order valence-electron chi connectivity index (χ4n) is 1.90. The normalized spacial score (nSPS) is 11.7. The molecule has 0 bridgehead atoms. The van der Waals surface area contributed by atoms with Crippen LogP contribution in [0.25, 0.3) is 0 Å². The zero-order chi connectivity index (χ0) is 16.1. The molecule has 0 heterocycles. The number of nitrogens with zero attached hydrogens (tertiary/aromatic N) is 1. The Hall–Kier alpha value is -2.60. The SMILES string of the molecule is O=C(O)[C@@H](Cc1cccc([N+](=O)[O-])c1)Oc1cccc(Cl)c1. The highest BCUT2D eigenvalue weighted by atomic mass is 35.5. The molecule has 2 rings (SSSR count). The van der Waals surface area contributed by atoms with Crippen molar-refractivity contribution >= 4 is 23.3 Å². The molecule has 0 aliphatic rings. The van der Waals surface area contributed by atoms with Gasteiger partial charge in [0.05, 0.1) is 4.92 Å². The number of aliphatic carboxylic acids is 1. The first-order chi connectivity index (χ1) is 10.5. The van der Waals surface area contributed by atoms with Gasteiger partial charge in [-0.15, -0.1) is 0 Å². The zero-order valence-corrected chi connectivity index (χ0v) is 12.1. The Balaban J connectivity index is 2.17. The number of nitro benzene ring substituents is 1. The molecule has 0 aromatic heterocycles. The third-order valence-electron chi connectivity index (χ3n) is 2.89. The van der Waals surface area contributed by atoms with E-state index >= 15 is 0 Å². The maximum atomic E-state index is 11.3. The highest BCUT2D eigenvalue weighted by molar-refractivity contribution is 6.30. The standard InChI is InChI=1S/C15H12ClNO5/c16-11-4-2-6-13(9-11)22-14(15(18)19)8-10-3-1-5-12(7-10)17(20)21/h1-7,9,14H,8H2,(H,18,19)/t14-/m1/s1. The summed E-state index contributed by atoms with van der Waals surface area (Å²) in [6.45, 7) is 0. The second-order valence-corrected chi connectivity index (χ2v) is 4.97. The van der Waals surface area contributed by atoms with Crippen LogP contribution < -0.4 is 4.74 Å². The first-order valence-electron chi connectivity index (χ1n) is 6.34. The van der Waals surface area contributed by atoms with Crippen LogP contribution in [0.5, 0.6) is 5.75 Å². The van der Waals surface area contributed by atoms with Gasteiger partial charge < -0.3 is 9.84 Å². The van der Waals surface area contributed by atoms with Gasteiger partial charge in [-0.1, -0.05) is 29.8 Å². The molecule has 2 aromatic rings. The van der Waals surface area contributed by atoms with Crippen molar-refractivity contribution in [1.29, 1.82) is 0 Å². The number of halogens is 1. The Labute approximate surface area is 131 Å². The predicted octanol–water partition coefficient (Wildman–Crippen LogP) is 3.32. The Morgan fingerprint density at radius 3 is 2.64 bits per heavy atom. The van der Waals surface area contributed by atoms with E-state index in [4.69, 9.17) is 16.3 Å². The molecule has 0 radical (unpaired) electrons. The molecule has 0 aliphatic carbocycles. The molecule has 0 saturated heterocycles. The minimum Gasteiger partial charge on any atom is -0.478 e. The molecular weight excluding hydrogens is 310 g/mol. The summed E-state index contributed by atoms with van der Waals surface area (Å²) in [6, 6.07) is 12.2. The lowest BCUT2D eigenvalue weighted by Gasteiger charge is -2.15. The molecular formula is C15H12ClNO5. The lowest BCUT2D eigenvalue weighted by Crippen LogP contribution is -2.29. The number of carboxylic acids is 1. The van der Waals surface area contributed by atoms with Crippen LogP contribution in [0, 0.1) is 10.1 Å². The number of carbonyl (C=O) groups is 1. The van der Waals surface area contributed by atoms with Crippen molar-refractivity contribution in [2.45, 2.75) is 12.5 Å². The van der Waals surface area contributed by atoms with Gasteiger partial charge in [0.25, 0.3) is 5.69 Å². The first-order valence-corrected chi connectivity index (χ1v) is 6.72. The number of hydrogen-bond donors (Lipinski definition) is 1. The van der Waals surface area contributed by atoms with Gasteiger partial charge in [0.1, 0.15) is 5.75 Å². The monoisotopic (exact) mass is 321 g/mol. The third kappa shape index (κ3) is 4.20. The van der Waals surface area contributed by atoms with Crippen molar-refractivity contribution in [3.8, 4) is 5.75 Å². The van der Waals surface area contributed by atoms with Crippen LogP contribution in [0.2, 0.25) is 5.02 Å². The lowest BCUT2D eigenvalue weighted by molar-refractivity contribution is -0.384. The zero-order valence-electron chi connectivity index (χ0n) is 11.3. The minimum atomic E-state index is -1.17. The molecule has 0 unspecified atom stereocenters. The summed E-state index contributed by atoms with van der Waals surface area (Å²) in [4.78, 5) is 21.5. The lowest BCUT2D eigenvalue weighted by atomic mass is 10.1. The molecule has 1 N–H and O–H groups in total. The van der Waals surface area contributed by atoms with Crippen LogP contribution >= 0.6 is 11.6 Å². The van der Waals surface area contributed by atoms with E-state index in [2.05, 4.69) is 0 Å². The summed E-state index contributed by atoms with van der Waals surface area (Å²) < 4.78 is 5.41. The van der Waals surface area contributed by atoms with Crippen LogP contribution in [-0.2, 0) is 11.2 Å².